The van der Waals surface area contributed by atoms with Crippen molar-refractivity contribution in [3.63, 3.8) is 0 Å². The largest absolute Gasteiger partial charge is 0.506 e. The Hall–Kier alpha value is -3.28. The smallest absolute Gasteiger partial charge is 0.341 e. The van der Waals surface area contributed by atoms with Gasteiger partial charge in [-0.2, -0.15) is 0 Å². The van der Waals surface area contributed by atoms with Gasteiger partial charge in [0.1, 0.15) is 11.5 Å². The van der Waals surface area contributed by atoms with Crippen LogP contribution in [0.1, 0.15) is 24.2 Å². The molecule has 0 aliphatic rings. The van der Waals surface area contributed by atoms with Crippen molar-refractivity contribution in [3.05, 3.63) is 53.7 Å². The molecule has 0 saturated heterocycles. The van der Waals surface area contributed by atoms with Crippen LogP contribution >= 0.6 is 0 Å². The number of phenols is 1. The highest BCUT2D eigenvalue weighted by atomic mass is 32.2. The van der Waals surface area contributed by atoms with Gasteiger partial charge in [0.25, 0.3) is 0 Å². The first-order chi connectivity index (χ1) is 15.5. The van der Waals surface area contributed by atoms with Crippen LogP contribution in [-0.2, 0) is 21.2 Å². The third-order valence-electron chi connectivity index (χ3n) is 5.00. The minimum atomic E-state index is -3.57. The van der Waals surface area contributed by atoms with E-state index in [9.17, 15) is 23.4 Å². The van der Waals surface area contributed by atoms with E-state index in [4.69, 9.17) is 9.84 Å². The number of carboxylic acid groups (broad SMARTS) is 1. The molecule has 33 heavy (non-hydrogen) atoms. The first-order valence-electron chi connectivity index (χ1n) is 10.2. The van der Waals surface area contributed by atoms with E-state index in [1.54, 1.807) is 12.1 Å². The van der Waals surface area contributed by atoms with Gasteiger partial charge in [-0.15, -0.1) is 0 Å². The second kappa shape index (κ2) is 10.1. The summed E-state index contributed by atoms with van der Waals surface area (Å²) in [4.78, 5) is 13.9. The molecule has 2 aromatic carbocycles. The molecule has 2 atom stereocenters. The number of benzene rings is 2. The summed E-state index contributed by atoms with van der Waals surface area (Å²) in [6, 6.07) is 9.64. The maximum atomic E-state index is 11.4. The molecule has 3 rings (SSSR count). The number of carboxylic acids is 1. The monoisotopic (exact) mass is 477 g/mol. The molecule has 0 fully saturated rings. The molecule has 0 spiro atoms. The number of rotatable bonds is 11. The Morgan fingerprint density at radius 3 is 2.70 bits per heavy atom. The van der Waals surface area contributed by atoms with Crippen molar-refractivity contribution in [2.45, 2.75) is 25.5 Å². The second-order valence-corrected chi connectivity index (χ2v) is 9.60. The van der Waals surface area contributed by atoms with E-state index in [-0.39, 0.29) is 24.0 Å². The summed E-state index contributed by atoms with van der Waals surface area (Å²) in [5.74, 6) is -0.824. The minimum absolute atomic E-state index is 0.00168. The molecule has 11 heteroatoms. The third-order valence-corrected chi connectivity index (χ3v) is 5.59. The number of carbonyl (C=O) groups is 1. The molecular weight excluding hydrogens is 450 g/mol. The minimum Gasteiger partial charge on any atom is -0.506 e. The quantitative estimate of drug-likeness (QED) is 0.228. The number of sulfonamides is 1. The van der Waals surface area contributed by atoms with Crippen molar-refractivity contribution in [1.82, 2.24) is 10.3 Å². The lowest BCUT2D eigenvalue weighted by molar-refractivity contribution is -0.139. The van der Waals surface area contributed by atoms with Gasteiger partial charge in [0.05, 0.1) is 23.6 Å². The van der Waals surface area contributed by atoms with Gasteiger partial charge in [-0.05, 0) is 42.7 Å². The number of H-pyrrole nitrogens is 1. The van der Waals surface area contributed by atoms with Crippen LogP contribution in [0.5, 0.6) is 11.5 Å². The van der Waals surface area contributed by atoms with Gasteiger partial charge in [-0.1, -0.05) is 18.2 Å². The number of anilines is 1. The standard InChI is InChI=1S/C22H27N3O7S/c1-13(8-15-10-24-22-16(15)4-3-5-20(22)32-12-21(28)29)23-11-19(27)14-6-7-18(26)17(9-14)25-33(2,30)31/h3-7,9-10,13,19,23-27H,8,11-12H2,1-2H3,(H,28,29)/t13?,19-/m0/s1. The average molecular weight is 478 g/mol. The number of ether oxygens (including phenoxy) is 1. The highest BCUT2D eigenvalue weighted by molar-refractivity contribution is 7.92. The number of aromatic nitrogens is 1. The van der Waals surface area contributed by atoms with Crippen LogP contribution in [-0.4, -0.2) is 60.1 Å². The molecule has 0 aliphatic carbocycles. The van der Waals surface area contributed by atoms with Gasteiger partial charge in [0.15, 0.2) is 6.61 Å². The molecule has 0 bridgehead atoms. The number of hydrogen-bond acceptors (Lipinski definition) is 7. The van der Waals surface area contributed by atoms with Crippen LogP contribution in [0.3, 0.4) is 0 Å². The van der Waals surface area contributed by atoms with Gasteiger partial charge in [-0.3, -0.25) is 4.72 Å². The van der Waals surface area contributed by atoms with Crippen molar-refractivity contribution < 1.29 is 33.3 Å². The zero-order valence-electron chi connectivity index (χ0n) is 18.2. The number of aromatic hydroxyl groups is 1. The first-order valence-corrected chi connectivity index (χ1v) is 12.1. The van der Waals surface area contributed by atoms with Gasteiger partial charge < -0.3 is 30.4 Å². The molecule has 1 unspecified atom stereocenters. The lowest BCUT2D eigenvalue weighted by Crippen LogP contribution is -2.32. The fraction of sp³-hybridized carbons (Fsp3) is 0.318. The Morgan fingerprint density at radius 1 is 1.24 bits per heavy atom. The predicted octanol–water partition coefficient (Wildman–Crippen LogP) is 1.96. The lowest BCUT2D eigenvalue weighted by Gasteiger charge is -2.18. The fourth-order valence-electron chi connectivity index (χ4n) is 3.49. The molecular formula is C22H27N3O7S. The number of aliphatic hydroxyl groups is 1. The normalized spacial score (nSPS) is 13.5. The third kappa shape index (κ3) is 6.60. The van der Waals surface area contributed by atoms with E-state index < -0.39 is 28.7 Å². The Kier molecular flexibility index (Phi) is 7.46. The van der Waals surface area contributed by atoms with E-state index in [0.29, 0.717) is 17.7 Å². The lowest BCUT2D eigenvalue weighted by atomic mass is 10.0. The second-order valence-electron chi connectivity index (χ2n) is 7.86. The molecule has 0 saturated carbocycles. The first kappa shape index (κ1) is 24.4. The molecule has 10 nitrogen and oxygen atoms in total. The molecule has 1 heterocycles. The number of aliphatic carboxylic acids is 1. The summed E-state index contributed by atoms with van der Waals surface area (Å²) in [6.07, 6.45) is 2.53. The topological polar surface area (TPSA) is 161 Å². The number of nitrogens with one attached hydrogen (secondary N) is 3. The number of aliphatic hydroxyl groups excluding tert-OH is 1. The fourth-order valence-corrected chi connectivity index (χ4v) is 4.05. The summed E-state index contributed by atoms with van der Waals surface area (Å²) < 4.78 is 30.5. The molecule has 6 N–H and O–H groups in total. The summed E-state index contributed by atoms with van der Waals surface area (Å²) in [5, 5.41) is 33.4. The number of fused-ring (bicyclic) bond motifs is 1. The number of phenolic OH excluding ortho intramolecular Hbond substituents is 1. The van der Waals surface area contributed by atoms with Crippen molar-refractivity contribution in [3.8, 4) is 11.5 Å². The van der Waals surface area contributed by atoms with E-state index in [0.717, 1.165) is 22.7 Å². The zero-order chi connectivity index (χ0) is 24.2. The van der Waals surface area contributed by atoms with Crippen molar-refractivity contribution in [1.29, 1.82) is 0 Å². The number of para-hydroxylation sites is 1. The van der Waals surface area contributed by atoms with E-state index in [1.807, 2.05) is 19.2 Å². The zero-order valence-corrected chi connectivity index (χ0v) is 19.0. The molecule has 0 radical (unpaired) electrons. The van der Waals surface area contributed by atoms with E-state index in [1.165, 1.54) is 18.2 Å². The van der Waals surface area contributed by atoms with Crippen molar-refractivity contribution >= 4 is 32.6 Å². The predicted molar refractivity (Wildman–Crippen MR) is 124 cm³/mol. The molecule has 3 aromatic rings. The van der Waals surface area contributed by atoms with E-state index in [2.05, 4.69) is 15.0 Å². The van der Waals surface area contributed by atoms with Crippen LogP contribution in [0.15, 0.2) is 42.6 Å². The van der Waals surface area contributed by atoms with Crippen LogP contribution in [0.2, 0.25) is 0 Å². The Labute approximate surface area is 191 Å². The van der Waals surface area contributed by atoms with Gasteiger partial charge in [0, 0.05) is 24.2 Å². The summed E-state index contributed by atoms with van der Waals surface area (Å²) >= 11 is 0. The van der Waals surface area contributed by atoms with Crippen LogP contribution in [0.4, 0.5) is 5.69 Å². The van der Waals surface area contributed by atoms with Crippen LogP contribution < -0.4 is 14.8 Å². The Bertz CT molecular complexity index is 1240. The summed E-state index contributed by atoms with van der Waals surface area (Å²) in [7, 11) is -3.57. The maximum Gasteiger partial charge on any atom is 0.341 e. The van der Waals surface area contributed by atoms with Gasteiger partial charge in [0.2, 0.25) is 10.0 Å². The molecule has 1 aromatic heterocycles. The van der Waals surface area contributed by atoms with E-state index >= 15 is 0 Å². The van der Waals surface area contributed by atoms with Crippen LogP contribution in [0.25, 0.3) is 10.9 Å². The molecule has 0 aliphatic heterocycles. The number of aromatic amines is 1. The maximum absolute atomic E-state index is 11.4. The molecule has 0 amide bonds. The summed E-state index contributed by atoms with van der Waals surface area (Å²) in [6.45, 7) is 1.74. The molecule has 178 valence electrons. The van der Waals surface area contributed by atoms with Gasteiger partial charge in [-0.25, -0.2) is 13.2 Å². The Balaban J connectivity index is 1.63. The Morgan fingerprint density at radius 2 is 2.00 bits per heavy atom. The van der Waals surface area contributed by atoms with Crippen LogP contribution in [0, 0.1) is 0 Å². The van der Waals surface area contributed by atoms with Crippen molar-refractivity contribution in [2.75, 3.05) is 24.1 Å². The SMILES string of the molecule is CC(Cc1c[nH]c2c(OCC(=O)O)cccc12)NC[C@H](O)c1ccc(O)c(NS(C)(=O)=O)c1. The summed E-state index contributed by atoms with van der Waals surface area (Å²) in [5.41, 5.74) is 2.17. The number of hydrogen-bond donors (Lipinski definition) is 6. The highest BCUT2D eigenvalue weighted by Crippen LogP contribution is 2.29. The highest BCUT2D eigenvalue weighted by Gasteiger charge is 2.16. The average Bonchev–Trinajstić information content (AvgIpc) is 3.14. The van der Waals surface area contributed by atoms with Crippen molar-refractivity contribution in [2.24, 2.45) is 0 Å². The van der Waals surface area contributed by atoms with Gasteiger partial charge >= 0.3 is 5.97 Å².